The predicted octanol–water partition coefficient (Wildman–Crippen LogP) is 2.96. The SMILES string of the molecule is C=CCC1(C)CCCC(C)C1=O. The third-order valence-electron chi connectivity index (χ3n) is 3.00. The summed E-state index contributed by atoms with van der Waals surface area (Å²) >= 11 is 0. The number of hydrogen-bond donors (Lipinski definition) is 0. The van der Waals surface area contributed by atoms with E-state index in [1.54, 1.807) is 0 Å². The van der Waals surface area contributed by atoms with Gasteiger partial charge in [0, 0.05) is 11.3 Å². The average Bonchev–Trinajstić information content (AvgIpc) is 2.01. The molecule has 0 aromatic carbocycles. The molecule has 0 saturated heterocycles. The van der Waals surface area contributed by atoms with E-state index in [0.717, 1.165) is 19.3 Å². The molecule has 0 amide bonds. The lowest BCUT2D eigenvalue weighted by Crippen LogP contribution is -2.35. The van der Waals surface area contributed by atoms with Crippen molar-refractivity contribution in [2.24, 2.45) is 11.3 Å². The molecule has 1 heteroatoms. The Hall–Kier alpha value is -0.590. The highest BCUT2D eigenvalue weighted by molar-refractivity contribution is 5.87. The molecular weight excluding hydrogens is 148 g/mol. The van der Waals surface area contributed by atoms with E-state index in [2.05, 4.69) is 13.5 Å². The van der Waals surface area contributed by atoms with Crippen molar-refractivity contribution < 1.29 is 4.79 Å². The highest BCUT2D eigenvalue weighted by atomic mass is 16.1. The van der Waals surface area contributed by atoms with Crippen molar-refractivity contribution in [1.29, 1.82) is 0 Å². The zero-order valence-electron chi connectivity index (χ0n) is 8.10. The lowest BCUT2D eigenvalue weighted by atomic mass is 9.68. The number of Topliss-reactive ketones (excluding diaryl/α,β-unsaturated/α-hetero) is 1. The average molecular weight is 166 g/mol. The summed E-state index contributed by atoms with van der Waals surface area (Å²) in [6.07, 6.45) is 6.02. The first kappa shape index (κ1) is 9.50. The molecule has 0 aliphatic heterocycles. The molecule has 0 aromatic heterocycles. The van der Waals surface area contributed by atoms with Crippen LogP contribution in [0, 0.1) is 11.3 Å². The van der Waals surface area contributed by atoms with Crippen LogP contribution >= 0.6 is 0 Å². The summed E-state index contributed by atoms with van der Waals surface area (Å²) in [5.41, 5.74) is -0.0978. The van der Waals surface area contributed by atoms with Gasteiger partial charge in [-0.2, -0.15) is 0 Å². The molecule has 0 radical (unpaired) electrons. The van der Waals surface area contributed by atoms with Crippen LogP contribution in [0.3, 0.4) is 0 Å². The third kappa shape index (κ3) is 1.60. The number of hydrogen-bond acceptors (Lipinski definition) is 1. The van der Waals surface area contributed by atoms with E-state index in [-0.39, 0.29) is 11.3 Å². The molecule has 0 heterocycles. The van der Waals surface area contributed by atoms with Crippen molar-refractivity contribution in [3.05, 3.63) is 12.7 Å². The van der Waals surface area contributed by atoms with Gasteiger partial charge in [-0.15, -0.1) is 6.58 Å². The van der Waals surface area contributed by atoms with Crippen LogP contribution in [0.1, 0.15) is 39.5 Å². The van der Waals surface area contributed by atoms with Crippen molar-refractivity contribution in [1.82, 2.24) is 0 Å². The summed E-state index contributed by atoms with van der Waals surface area (Å²) in [4.78, 5) is 11.8. The molecular formula is C11H18O. The van der Waals surface area contributed by atoms with E-state index >= 15 is 0 Å². The molecule has 1 nitrogen and oxygen atoms in total. The molecule has 12 heavy (non-hydrogen) atoms. The fraction of sp³-hybridized carbons (Fsp3) is 0.727. The van der Waals surface area contributed by atoms with Gasteiger partial charge in [0.05, 0.1) is 0 Å². The fourth-order valence-electron chi connectivity index (χ4n) is 2.17. The van der Waals surface area contributed by atoms with Crippen LogP contribution in [0.15, 0.2) is 12.7 Å². The van der Waals surface area contributed by atoms with Crippen LogP contribution in [0.5, 0.6) is 0 Å². The fourth-order valence-corrected chi connectivity index (χ4v) is 2.17. The van der Waals surface area contributed by atoms with Gasteiger partial charge < -0.3 is 0 Å². The number of allylic oxidation sites excluding steroid dienone is 1. The maximum absolute atomic E-state index is 11.8. The summed E-state index contributed by atoms with van der Waals surface area (Å²) in [5.74, 6) is 0.706. The Morgan fingerprint density at radius 2 is 2.42 bits per heavy atom. The smallest absolute Gasteiger partial charge is 0.141 e. The van der Waals surface area contributed by atoms with E-state index in [9.17, 15) is 4.79 Å². The van der Waals surface area contributed by atoms with Crippen molar-refractivity contribution in [2.75, 3.05) is 0 Å². The summed E-state index contributed by atoms with van der Waals surface area (Å²) < 4.78 is 0. The van der Waals surface area contributed by atoms with Crippen LogP contribution in [0.4, 0.5) is 0 Å². The maximum Gasteiger partial charge on any atom is 0.141 e. The summed E-state index contributed by atoms with van der Waals surface area (Å²) in [7, 11) is 0. The standard InChI is InChI=1S/C11H18O/c1-4-7-11(3)8-5-6-9(2)10(11)12/h4,9H,1,5-8H2,2-3H3. The van der Waals surface area contributed by atoms with Gasteiger partial charge in [0.25, 0.3) is 0 Å². The lowest BCUT2D eigenvalue weighted by Gasteiger charge is -2.34. The Morgan fingerprint density at radius 3 is 3.00 bits per heavy atom. The van der Waals surface area contributed by atoms with Gasteiger partial charge in [-0.3, -0.25) is 4.79 Å². The highest BCUT2D eigenvalue weighted by Gasteiger charge is 2.37. The van der Waals surface area contributed by atoms with Crippen LogP contribution < -0.4 is 0 Å². The molecule has 0 spiro atoms. The van der Waals surface area contributed by atoms with Crippen molar-refractivity contribution in [2.45, 2.75) is 39.5 Å². The predicted molar refractivity (Wildman–Crippen MR) is 50.9 cm³/mol. The normalized spacial score (nSPS) is 36.5. The highest BCUT2D eigenvalue weighted by Crippen LogP contribution is 2.38. The number of rotatable bonds is 2. The van der Waals surface area contributed by atoms with E-state index in [4.69, 9.17) is 0 Å². The number of ketones is 1. The molecule has 1 aliphatic rings. The first-order valence-electron chi connectivity index (χ1n) is 4.75. The Morgan fingerprint density at radius 1 is 1.75 bits per heavy atom. The third-order valence-corrected chi connectivity index (χ3v) is 3.00. The molecule has 1 saturated carbocycles. The van der Waals surface area contributed by atoms with Gasteiger partial charge in [-0.1, -0.05) is 26.3 Å². The number of carbonyl (C=O) groups is 1. The molecule has 1 rings (SSSR count). The summed E-state index contributed by atoms with van der Waals surface area (Å²) in [6.45, 7) is 7.83. The van der Waals surface area contributed by atoms with E-state index < -0.39 is 0 Å². The van der Waals surface area contributed by atoms with Crippen LogP contribution in [-0.4, -0.2) is 5.78 Å². The monoisotopic (exact) mass is 166 g/mol. The second kappa shape index (κ2) is 3.42. The van der Waals surface area contributed by atoms with E-state index in [1.807, 2.05) is 13.0 Å². The Kier molecular flexibility index (Phi) is 2.71. The maximum atomic E-state index is 11.8. The largest absolute Gasteiger partial charge is 0.299 e. The Labute approximate surface area is 74.9 Å². The van der Waals surface area contributed by atoms with Crippen molar-refractivity contribution in [3.8, 4) is 0 Å². The van der Waals surface area contributed by atoms with Gasteiger partial charge >= 0.3 is 0 Å². The van der Waals surface area contributed by atoms with Gasteiger partial charge in [0.2, 0.25) is 0 Å². The van der Waals surface area contributed by atoms with Gasteiger partial charge in [-0.05, 0) is 19.3 Å². The molecule has 1 aliphatic carbocycles. The minimum Gasteiger partial charge on any atom is -0.299 e. The molecule has 2 unspecified atom stereocenters. The molecule has 68 valence electrons. The second-order valence-electron chi connectivity index (χ2n) is 4.21. The van der Waals surface area contributed by atoms with Crippen LogP contribution in [0.2, 0.25) is 0 Å². The quantitative estimate of drug-likeness (QED) is 0.576. The topological polar surface area (TPSA) is 17.1 Å². The number of carbonyl (C=O) groups excluding carboxylic acids is 1. The second-order valence-corrected chi connectivity index (χ2v) is 4.21. The zero-order chi connectivity index (χ0) is 9.19. The first-order valence-corrected chi connectivity index (χ1v) is 4.75. The molecule has 0 N–H and O–H groups in total. The summed E-state index contributed by atoms with van der Waals surface area (Å²) in [5, 5.41) is 0. The summed E-state index contributed by atoms with van der Waals surface area (Å²) in [6, 6.07) is 0. The van der Waals surface area contributed by atoms with E-state index in [1.165, 1.54) is 6.42 Å². The first-order chi connectivity index (χ1) is 5.60. The van der Waals surface area contributed by atoms with Gasteiger partial charge in [0.15, 0.2) is 0 Å². The van der Waals surface area contributed by atoms with Crippen molar-refractivity contribution >= 4 is 5.78 Å². The van der Waals surface area contributed by atoms with Gasteiger partial charge in [0.1, 0.15) is 5.78 Å². The van der Waals surface area contributed by atoms with Gasteiger partial charge in [-0.25, -0.2) is 0 Å². The van der Waals surface area contributed by atoms with E-state index in [0.29, 0.717) is 5.78 Å². The Bertz CT molecular complexity index is 195. The van der Waals surface area contributed by atoms with Crippen LogP contribution in [0.25, 0.3) is 0 Å². The lowest BCUT2D eigenvalue weighted by molar-refractivity contribution is -0.134. The molecule has 0 bridgehead atoms. The minimum atomic E-state index is -0.0978. The zero-order valence-corrected chi connectivity index (χ0v) is 8.10. The van der Waals surface area contributed by atoms with Crippen molar-refractivity contribution in [3.63, 3.8) is 0 Å². The Balaban J connectivity index is 2.73. The minimum absolute atomic E-state index is 0.0978. The van der Waals surface area contributed by atoms with Crippen LogP contribution in [-0.2, 0) is 4.79 Å². The molecule has 0 aromatic rings. The molecule has 2 atom stereocenters. The molecule has 1 fully saturated rings.